The maximum absolute atomic E-state index is 14.3. The van der Waals surface area contributed by atoms with Crippen molar-refractivity contribution in [2.45, 2.75) is 56.8 Å². The van der Waals surface area contributed by atoms with E-state index in [0.29, 0.717) is 11.2 Å². The molecule has 0 saturated heterocycles. The summed E-state index contributed by atoms with van der Waals surface area (Å²) in [7, 11) is 0. The van der Waals surface area contributed by atoms with E-state index in [0.717, 1.165) is 60.9 Å². The molecular formula is C55H48FGeIrN3O-2. The van der Waals surface area contributed by atoms with Crippen molar-refractivity contribution in [3.8, 4) is 39.5 Å². The maximum atomic E-state index is 14.3. The summed E-state index contributed by atoms with van der Waals surface area (Å²) in [6.07, 6.45) is 2.04. The number of nitrogens with zero attached hydrogens (tertiary/aromatic N) is 3. The average Bonchev–Trinajstić information content (AvgIpc) is 3.85. The summed E-state index contributed by atoms with van der Waals surface area (Å²) in [4.78, 5) is 9.86. The van der Waals surface area contributed by atoms with Gasteiger partial charge in [0.15, 0.2) is 0 Å². The van der Waals surface area contributed by atoms with Crippen molar-refractivity contribution >= 4 is 61.4 Å². The van der Waals surface area contributed by atoms with Crippen molar-refractivity contribution in [3.05, 3.63) is 181 Å². The topological polar surface area (TPSA) is 43.9 Å². The van der Waals surface area contributed by atoms with E-state index in [1.807, 2.05) is 42.6 Å². The van der Waals surface area contributed by atoms with E-state index in [9.17, 15) is 4.39 Å². The van der Waals surface area contributed by atoms with Crippen LogP contribution in [0.2, 0.25) is 17.3 Å². The quantitative estimate of drug-likeness (QED) is 0.118. The molecule has 10 rings (SSSR count). The Hall–Kier alpha value is -5.66. The van der Waals surface area contributed by atoms with Crippen LogP contribution in [-0.4, -0.2) is 27.8 Å². The van der Waals surface area contributed by atoms with Gasteiger partial charge < -0.3 is 8.98 Å². The van der Waals surface area contributed by atoms with Crippen LogP contribution in [0.25, 0.3) is 83.2 Å². The van der Waals surface area contributed by atoms with Crippen LogP contribution in [0.4, 0.5) is 4.39 Å². The Bertz CT molecular complexity index is 3160. The van der Waals surface area contributed by atoms with Crippen molar-refractivity contribution in [2.75, 3.05) is 0 Å². The number of benzene rings is 7. The number of pyridine rings is 1. The Morgan fingerprint density at radius 1 is 0.661 bits per heavy atom. The first kappa shape index (κ1) is 43.0. The Morgan fingerprint density at radius 2 is 1.39 bits per heavy atom. The third-order valence-corrected chi connectivity index (χ3v) is 15.8. The third kappa shape index (κ3) is 8.20. The van der Waals surface area contributed by atoms with Crippen LogP contribution in [0, 0.1) is 17.9 Å². The first-order valence-electron chi connectivity index (χ1n) is 21.1. The Labute approximate surface area is 379 Å². The predicted molar refractivity (Wildman–Crippen MR) is 255 cm³/mol. The molecule has 311 valence electrons. The van der Waals surface area contributed by atoms with Crippen LogP contribution >= 0.6 is 0 Å². The van der Waals surface area contributed by atoms with Crippen molar-refractivity contribution in [3.63, 3.8) is 0 Å². The van der Waals surface area contributed by atoms with Crippen LogP contribution in [0.15, 0.2) is 156 Å². The molecule has 0 N–H and O–H groups in total. The summed E-state index contributed by atoms with van der Waals surface area (Å²) in [6, 6.07) is 55.6. The molecule has 0 fully saturated rings. The first-order valence-corrected chi connectivity index (χ1v) is 28.4. The number of rotatable bonds is 7. The number of hydrogen-bond acceptors (Lipinski definition) is 3. The molecule has 0 bridgehead atoms. The molecule has 7 aromatic carbocycles. The van der Waals surface area contributed by atoms with Gasteiger partial charge in [0.05, 0.1) is 22.4 Å². The fourth-order valence-corrected chi connectivity index (χ4v) is 10.4. The Kier molecular flexibility index (Phi) is 12.2. The molecule has 7 heteroatoms. The van der Waals surface area contributed by atoms with Gasteiger partial charge in [-0.1, -0.05) is 99.3 Å². The molecule has 0 amide bonds. The molecule has 0 aliphatic heterocycles. The van der Waals surface area contributed by atoms with Crippen molar-refractivity contribution in [1.29, 1.82) is 0 Å². The summed E-state index contributed by atoms with van der Waals surface area (Å²) in [5.74, 6) is 8.03. The molecule has 0 atom stereocenters. The molecule has 10 aromatic rings. The van der Waals surface area contributed by atoms with Crippen LogP contribution in [0.5, 0.6) is 0 Å². The van der Waals surface area contributed by atoms with Gasteiger partial charge in [0, 0.05) is 42.6 Å². The van der Waals surface area contributed by atoms with Gasteiger partial charge in [-0.3, -0.25) is 4.98 Å². The minimum Gasteiger partial charge on any atom is 0 e. The predicted octanol–water partition coefficient (Wildman–Crippen LogP) is 14.7. The SMILES string of the molecule is CC(C)c1cc(-c2ccccc2)cc(C(C)C)c1-n1c(-c2[c-]ccc3c2oc2cc(F)ccc23)nc2ccc3ccccc3c21.[CH3][Ge]([CH3])([CH3])[c]1ccc(-c2[c-]cccc2)nc1.[Ir]. The van der Waals surface area contributed by atoms with Crippen molar-refractivity contribution in [2.24, 2.45) is 0 Å². The van der Waals surface area contributed by atoms with Gasteiger partial charge in [-0.05, 0) is 69.8 Å². The van der Waals surface area contributed by atoms with Crippen molar-refractivity contribution < 1.29 is 28.9 Å². The smallest absolute Gasteiger partial charge is 0 e. The molecule has 4 nitrogen and oxygen atoms in total. The molecule has 1 radical (unpaired) electrons. The zero-order chi connectivity index (χ0) is 42.4. The zero-order valence-corrected chi connectivity index (χ0v) is 40.5. The van der Waals surface area contributed by atoms with Gasteiger partial charge in [-0.15, -0.1) is 18.2 Å². The molecule has 0 spiro atoms. The summed E-state index contributed by atoms with van der Waals surface area (Å²) < 4.78 is 24.5. The number of hydrogen-bond donors (Lipinski definition) is 0. The average molecular weight is 1050 g/mol. The van der Waals surface area contributed by atoms with E-state index >= 15 is 0 Å². The van der Waals surface area contributed by atoms with Crippen LogP contribution in [0.3, 0.4) is 0 Å². The minimum absolute atomic E-state index is 0. The molecule has 0 unspecified atom stereocenters. The summed E-state index contributed by atoms with van der Waals surface area (Å²) in [5, 5.41) is 4.06. The number of fused-ring (bicyclic) bond motifs is 6. The van der Waals surface area contributed by atoms with Gasteiger partial charge in [-0.2, -0.15) is 0 Å². The van der Waals surface area contributed by atoms with E-state index in [1.165, 1.54) is 38.8 Å². The van der Waals surface area contributed by atoms with E-state index < -0.39 is 13.3 Å². The second-order valence-corrected chi connectivity index (χ2v) is 28.1. The van der Waals surface area contributed by atoms with Gasteiger partial charge in [0.25, 0.3) is 0 Å². The summed E-state index contributed by atoms with van der Waals surface area (Å²) in [6.45, 7) is 9.04. The van der Waals surface area contributed by atoms with Crippen LogP contribution in [-0.2, 0) is 20.1 Å². The van der Waals surface area contributed by atoms with Crippen LogP contribution < -0.4 is 4.40 Å². The molecule has 0 aliphatic rings. The zero-order valence-electron chi connectivity index (χ0n) is 36.0. The monoisotopic (exact) mass is 1050 g/mol. The first-order chi connectivity index (χ1) is 29.5. The number of aromatic nitrogens is 3. The second kappa shape index (κ2) is 17.6. The normalized spacial score (nSPS) is 11.7. The maximum Gasteiger partial charge on any atom is 0 e. The Balaban J connectivity index is 0.000000263. The summed E-state index contributed by atoms with van der Waals surface area (Å²) in [5.41, 5.74) is 12.0. The molecule has 62 heavy (non-hydrogen) atoms. The van der Waals surface area contributed by atoms with E-state index in [4.69, 9.17) is 9.40 Å². The second-order valence-electron chi connectivity index (χ2n) is 17.4. The molecule has 0 aliphatic carbocycles. The van der Waals surface area contributed by atoms with E-state index in [1.54, 1.807) is 6.07 Å². The fourth-order valence-electron chi connectivity index (χ4n) is 8.27. The largest absolute Gasteiger partial charge is 0 e. The molecule has 3 aromatic heterocycles. The summed E-state index contributed by atoms with van der Waals surface area (Å²) >= 11 is -1.72. The van der Waals surface area contributed by atoms with Gasteiger partial charge >= 0.3 is 99.8 Å². The van der Waals surface area contributed by atoms with E-state index in [2.05, 4.69) is 158 Å². The van der Waals surface area contributed by atoms with E-state index in [-0.39, 0.29) is 37.8 Å². The number of imidazole rings is 1. The van der Waals surface area contributed by atoms with Gasteiger partial charge in [-0.25, -0.2) is 4.39 Å². The third-order valence-electron chi connectivity index (χ3n) is 11.5. The Morgan fingerprint density at radius 3 is 2.06 bits per heavy atom. The van der Waals surface area contributed by atoms with Gasteiger partial charge in [0.2, 0.25) is 0 Å². The van der Waals surface area contributed by atoms with Crippen LogP contribution in [0.1, 0.15) is 50.7 Å². The number of halogens is 1. The van der Waals surface area contributed by atoms with Gasteiger partial charge in [0.1, 0.15) is 11.4 Å². The number of furan rings is 1. The van der Waals surface area contributed by atoms with Crippen molar-refractivity contribution in [1.82, 2.24) is 14.5 Å². The molecular weight excluding hydrogens is 1000 g/mol. The molecule has 0 saturated carbocycles. The standard InChI is InChI=1S/C41H32FN2O.C14H16GeN.Ir/c1-24(2)34-21-28(26-11-6-5-7-12-26)22-35(25(3)4)38(34)44-39-30-14-9-8-13-27(30)17-20-36(39)43-41(44)33-16-10-15-32-31-19-18-29(42)23-37(31)45-40(32)33;1-15(2,3)13-9-10-14(16-11-13)12-7-5-4-6-8-12;/h5-15,17-25H,1-4H3;4-7,9-11H,1-3H3;/q2*-1;. The minimum atomic E-state index is -1.72. The molecule has 3 heterocycles. The fraction of sp³-hybridized carbons (Fsp3) is 0.164.